The molecule has 64 heavy (non-hydrogen) atoms. The third kappa shape index (κ3) is 11.7. The molecule has 0 saturated heterocycles. The number of fused-ring (bicyclic) bond motifs is 2. The van der Waals surface area contributed by atoms with Crippen LogP contribution in [0.5, 0.6) is 5.75 Å². The zero-order valence-corrected chi connectivity index (χ0v) is 36.5. The number of carbonyl (C=O) groups is 4. The highest BCUT2D eigenvalue weighted by molar-refractivity contribution is 9.10. The van der Waals surface area contributed by atoms with Crippen LogP contribution in [0.3, 0.4) is 0 Å². The van der Waals surface area contributed by atoms with Gasteiger partial charge in [-0.05, 0) is 121 Å². The highest BCUT2D eigenvalue weighted by atomic mass is 79.9. The smallest absolute Gasteiger partial charge is 0.537 e. The molecule has 0 aliphatic carbocycles. The van der Waals surface area contributed by atoms with Crippen molar-refractivity contribution >= 4 is 69.3 Å². The number of halogens is 1. The average Bonchev–Trinajstić information content (AvgIpc) is 3.91. The third-order valence-electron chi connectivity index (χ3n) is 9.91. The minimum atomic E-state index is -0.934. The summed E-state index contributed by atoms with van der Waals surface area (Å²) in [5, 5.41) is 28.4. The first-order chi connectivity index (χ1) is 31.0. The second kappa shape index (κ2) is 22.1. The Balaban J connectivity index is 0.000000173. The molecular formula is C50H43BBrN2O10. The molecule has 8 rings (SSSR count). The van der Waals surface area contributed by atoms with Gasteiger partial charge in [-0.15, -0.1) is 0 Å². The number of carboxylic acid groups (broad SMARTS) is 2. The van der Waals surface area contributed by atoms with Crippen LogP contribution in [0.4, 0.5) is 0 Å². The Bertz CT molecular complexity index is 2920. The van der Waals surface area contributed by atoms with Crippen molar-refractivity contribution in [3.8, 4) is 16.9 Å². The average molecular weight is 923 g/mol. The maximum atomic E-state index is 12.1. The van der Waals surface area contributed by atoms with Crippen LogP contribution in [0.2, 0.25) is 0 Å². The molecule has 3 N–H and O–H groups in total. The van der Waals surface area contributed by atoms with Crippen molar-refractivity contribution < 1.29 is 48.5 Å². The van der Waals surface area contributed by atoms with Gasteiger partial charge in [0.15, 0.2) is 0 Å². The summed E-state index contributed by atoms with van der Waals surface area (Å²) in [4.78, 5) is 45.6. The molecule has 14 heteroatoms. The van der Waals surface area contributed by atoms with Gasteiger partial charge in [-0.1, -0.05) is 76.6 Å². The molecule has 6 aromatic carbocycles. The molecule has 12 nitrogen and oxygen atoms in total. The van der Waals surface area contributed by atoms with Gasteiger partial charge in [0.05, 0.1) is 35.5 Å². The van der Waals surface area contributed by atoms with E-state index in [0.29, 0.717) is 49.9 Å². The van der Waals surface area contributed by atoms with Gasteiger partial charge in [-0.2, -0.15) is 0 Å². The molecular weight excluding hydrogens is 879 g/mol. The van der Waals surface area contributed by atoms with Crippen LogP contribution < -0.4 is 4.65 Å². The predicted octanol–water partition coefficient (Wildman–Crippen LogP) is 10.2. The van der Waals surface area contributed by atoms with Crippen molar-refractivity contribution in [2.75, 3.05) is 13.2 Å². The van der Waals surface area contributed by atoms with Gasteiger partial charge in [-0.25, -0.2) is 19.2 Å². The first-order valence-electron chi connectivity index (χ1n) is 20.1. The van der Waals surface area contributed by atoms with E-state index >= 15 is 0 Å². The number of ether oxygens (including phenoxy) is 2. The summed E-state index contributed by atoms with van der Waals surface area (Å²) in [6.45, 7) is 5.56. The van der Waals surface area contributed by atoms with E-state index in [9.17, 15) is 24.3 Å². The van der Waals surface area contributed by atoms with Crippen molar-refractivity contribution in [2.24, 2.45) is 0 Å². The molecule has 0 aliphatic rings. The molecule has 0 amide bonds. The fraction of sp³-hybridized carbons (Fsp3) is 0.120. The van der Waals surface area contributed by atoms with Gasteiger partial charge in [0, 0.05) is 51.8 Å². The summed E-state index contributed by atoms with van der Waals surface area (Å²) < 4.78 is 19.9. The Morgan fingerprint density at radius 2 is 1.08 bits per heavy atom. The van der Waals surface area contributed by atoms with E-state index in [4.69, 9.17) is 24.3 Å². The zero-order chi connectivity index (χ0) is 45.6. The highest BCUT2D eigenvalue weighted by Crippen LogP contribution is 2.28. The van der Waals surface area contributed by atoms with E-state index in [1.807, 2.05) is 91.3 Å². The molecule has 8 aromatic rings. The van der Waals surface area contributed by atoms with Gasteiger partial charge in [0.25, 0.3) is 0 Å². The molecule has 0 atom stereocenters. The molecule has 0 fully saturated rings. The lowest BCUT2D eigenvalue weighted by Gasteiger charge is -2.13. The molecule has 0 spiro atoms. The predicted molar refractivity (Wildman–Crippen MR) is 249 cm³/mol. The number of esters is 2. The number of aromatic nitrogens is 2. The molecule has 0 bridgehead atoms. The first kappa shape index (κ1) is 46.1. The van der Waals surface area contributed by atoms with E-state index in [-0.39, 0.29) is 11.5 Å². The highest BCUT2D eigenvalue weighted by Gasteiger charge is 2.13. The van der Waals surface area contributed by atoms with Crippen molar-refractivity contribution in [3.05, 3.63) is 196 Å². The van der Waals surface area contributed by atoms with E-state index in [1.54, 1.807) is 62.4 Å². The maximum absolute atomic E-state index is 12.1. The molecule has 1 radical (unpaired) electrons. The van der Waals surface area contributed by atoms with Crippen LogP contribution in [0.15, 0.2) is 162 Å². The fourth-order valence-electron chi connectivity index (χ4n) is 6.88. The van der Waals surface area contributed by atoms with E-state index in [1.165, 1.54) is 11.6 Å². The van der Waals surface area contributed by atoms with Crippen LogP contribution in [0.25, 0.3) is 32.9 Å². The lowest BCUT2D eigenvalue weighted by Crippen LogP contribution is -2.05. The zero-order valence-electron chi connectivity index (χ0n) is 34.9. The number of hydrogen-bond donors (Lipinski definition) is 3. The Hall–Kier alpha value is -7.42. The summed E-state index contributed by atoms with van der Waals surface area (Å²) in [6, 6.07) is 44.2. The Labute approximate surface area is 378 Å². The van der Waals surface area contributed by atoms with Gasteiger partial charge < -0.3 is 38.5 Å². The molecule has 2 heterocycles. The first-order valence-corrected chi connectivity index (χ1v) is 20.9. The number of carboxylic acids is 2. The topological polar surface area (TPSA) is 167 Å². The SMILES string of the molecule is CCOC(=O)c1cccc(-c2ccccc2Cn2ccc3cc(C(=O)O)ccc32)c1.CCOC(=O)c1cccc(O[B]O)c1.O=C(O)c1ccc2c(ccn2Cc2ccccc2Br)c1. The number of aromatic carboxylic acids is 2. The minimum Gasteiger partial charge on any atom is -0.537 e. The molecule has 0 aliphatic heterocycles. The van der Waals surface area contributed by atoms with Crippen molar-refractivity contribution in [1.29, 1.82) is 0 Å². The van der Waals surface area contributed by atoms with Crippen LogP contribution in [0, 0.1) is 0 Å². The second-order valence-electron chi connectivity index (χ2n) is 14.1. The minimum absolute atomic E-state index is 0.274. The lowest BCUT2D eigenvalue weighted by molar-refractivity contribution is 0.0516. The quantitative estimate of drug-likeness (QED) is 0.0748. The van der Waals surface area contributed by atoms with Crippen LogP contribution >= 0.6 is 15.9 Å². The van der Waals surface area contributed by atoms with E-state index < -0.39 is 17.9 Å². The second-order valence-corrected chi connectivity index (χ2v) is 14.9. The third-order valence-corrected chi connectivity index (χ3v) is 10.7. The summed E-state index contributed by atoms with van der Waals surface area (Å²) in [7, 11) is 0.560. The number of hydrogen-bond acceptors (Lipinski definition) is 8. The molecule has 2 aromatic heterocycles. The van der Waals surface area contributed by atoms with Gasteiger partial charge in [0.1, 0.15) is 5.75 Å². The van der Waals surface area contributed by atoms with E-state index in [0.717, 1.165) is 49.5 Å². The van der Waals surface area contributed by atoms with Crippen molar-refractivity contribution in [2.45, 2.75) is 26.9 Å². The van der Waals surface area contributed by atoms with Gasteiger partial charge in [-0.3, -0.25) is 0 Å². The van der Waals surface area contributed by atoms with Crippen LogP contribution in [-0.4, -0.2) is 69.1 Å². The number of carbonyl (C=O) groups excluding carboxylic acids is 2. The number of nitrogens with zero attached hydrogens (tertiary/aromatic N) is 2. The van der Waals surface area contributed by atoms with Crippen molar-refractivity contribution in [1.82, 2.24) is 9.13 Å². The van der Waals surface area contributed by atoms with Crippen LogP contribution in [0.1, 0.15) is 66.4 Å². The summed E-state index contributed by atoms with van der Waals surface area (Å²) >= 11 is 3.55. The molecule has 0 unspecified atom stereocenters. The number of benzene rings is 6. The summed E-state index contributed by atoms with van der Waals surface area (Å²) in [6.07, 6.45) is 3.94. The lowest BCUT2D eigenvalue weighted by atomic mass is 9.98. The fourth-order valence-corrected chi connectivity index (χ4v) is 7.29. The Morgan fingerprint density at radius 1 is 0.562 bits per heavy atom. The molecule has 0 saturated carbocycles. The Morgan fingerprint density at radius 3 is 1.62 bits per heavy atom. The van der Waals surface area contributed by atoms with Gasteiger partial charge >= 0.3 is 31.6 Å². The van der Waals surface area contributed by atoms with Crippen LogP contribution in [-0.2, 0) is 22.6 Å². The normalized spacial score (nSPS) is 10.5. The van der Waals surface area contributed by atoms with E-state index in [2.05, 4.69) is 37.2 Å². The standard InChI is InChI=1S/C25H21NO4.C16H12BrNO2.C9H10BO4/c1-2-30-25(29)20-8-5-7-17(14-20)22-9-4-3-6-21(22)16-26-13-12-18-15-19(24(27)28)10-11-23(18)26;17-14-4-2-1-3-13(14)10-18-8-7-11-9-12(16(19)20)5-6-15(11)18;1-2-13-9(11)7-4-3-5-8(6-7)14-10-12/h3-15H,2,16H2,1H3,(H,27,28);1-9H,10H2,(H,19,20);3-6,12H,2H2,1H3. The number of rotatable bonds is 13. The van der Waals surface area contributed by atoms with Gasteiger partial charge in [0.2, 0.25) is 0 Å². The Kier molecular flexibility index (Phi) is 15.9. The largest absolute Gasteiger partial charge is 0.569 e. The summed E-state index contributed by atoms with van der Waals surface area (Å²) in [5.74, 6) is -2.18. The monoisotopic (exact) mass is 921 g/mol. The maximum Gasteiger partial charge on any atom is 0.569 e. The molecule has 323 valence electrons. The van der Waals surface area contributed by atoms with Crippen molar-refractivity contribution in [3.63, 3.8) is 0 Å². The summed E-state index contributed by atoms with van der Waals surface area (Å²) in [5.41, 5.74) is 7.77.